The molecule has 1 aromatic rings. The number of anilines is 1. The Morgan fingerprint density at radius 3 is 2.06 bits per heavy atom. The van der Waals surface area contributed by atoms with Crippen molar-refractivity contribution < 1.29 is 33.3 Å². The molecule has 0 saturated heterocycles. The fourth-order valence-electron chi connectivity index (χ4n) is 4.38. The molecule has 3 rings (SSSR count). The first-order chi connectivity index (χ1) is 15.3. The number of hydrogen-bond donors (Lipinski definition) is 1. The third-order valence-electron chi connectivity index (χ3n) is 6.31. The smallest absolute Gasteiger partial charge is 0.341 e. The van der Waals surface area contributed by atoms with Crippen LogP contribution in [0.3, 0.4) is 0 Å². The molecule has 0 amide bonds. The zero-order chi connectivity index (χ0) is 23.8. The number of thiophene rings is 1. The second-order valence-electron chi connectivity index (χ2n) is 8.32. The fourth-order valence-corrected chi connectivity index (χ4v) is 5.61. The van der Waals surface area contributed by atoms with Crippen LogP contribution in [0.15, 0.2) is 0 Å². The molecule has 1 fully saturated rings. The van der Waals surface area contributed by atoms with Crippen LogP contribution in [0.5, 0.6) is 0 Å². The lowest BCUT2D eigenvalue weighted by Crippen LogP contribution is -2.42. The molecule has 0 spiro atoms. The first kappa shape index (κ1) is 26.7. The zero-order valence-corrected chi connectivity index (χ0v) is 20.7. The van der Waals surface area contributed by atoms with E-state index >= 15 is 0 Å². The number of Topliss-reactive ketones (excluding diaryl/α,β-unsaturated/α-hetero) is 1. The van der Waals surface area contributed by atoms with Crippen LogP contribution >= 0.6 is 11.3 Å². The molecule has 0 aliphatic heterocycles. The molecule has 0 radical (unpaired) electrons. The van der Waals surface area contributed by atoms with Gasteiger partial charge in [-0.2, -0.15) is 0 Å². The predicted molar refractivity (Wildman–Crippen MR) is 123 cm³/mol. The summed E-state index contributed by atoms with van der Waals surface area (Å²) < 4.78 is 26.5. The van der Waals surface area contributed by atoms with Crippen molar-refractivity contribution in [3.63, 3.8) is 0 Å². The van der Waals surface area contributed by atoms with Gasteiger partial charge >= 0.3 is 5.97 Å². The molecule has 8 nitrogen and oxygen atoms in total. The van der Waals surface area contributed by atoms with E-state index in [9.17, 15) is 9.59 Å². The number of rotatable bonds is 8. The van der Waals surface area contributed by atoms with E-state index in [0.29, 0.717) is 49.0 Å². The number of methoxy groups -OCH3 is 4. The van der Waals surface area contributed by atoms with Crippen LogP contribution < -0.4 is 5.73 Å². The molecule has 0 aromatic carbocycles. The molecule has 1 atom stereocenters. The van der Waals surface area contributed by atoms with Crippen LogP contribution in [-0.4, -0.2) is 71.2 Å². The molecule has 1 aromatic heterocycles. The molecular formula is C23H37NO7S. The monoisotopic (exact) mass is 471 g/mol. The van der Waals surface area contributed by atoms with Gasteiger partial charge in [0.2, 0.25) is 0 Å². The Hall–Kier alpha value is -1.52. The van der Waals surface area contributed by atoms with Crippen molar-refractivity contribution in [2.75, 3.05) is 54.0 Å². The second-order valence-corrected chi connectivity index (χ2v) is 9.46. The second kappa shape index (κ2) is 12.1. The molecule has 2 aliphatic carbocycles. The van der Waals surface area contributed by atoms with Crippen molar-refractivity contribution >= 4 is 28.1 Å². The number of fused-ring (bicyclic) bond motifs is 1. The molecule has 32 heavy (non-hydrogen) atoms. The lowest BCUT2D eigenvalue weighted by atomic mass is 9.83. The largest absolute Gasteiger partial charge is 0.462 e. The van der Waals surface area contributed by atoms with Crippen LogP contribution in [0.4, 0.5) is 5.00 Å². The lowest BCUT2D eigenvalue weighted by Gasteiger charge is -2.35. The lowest BCUT2D eigenvalue weighted by molar-refractivity contribution is -0.131. The molecule has 1 heterocycles. The maximum atomic E-state index is 12.0. The van der Waals surface area contributed by atoms with Crippen LogP contribution in [0.2, 0.25) is 0 Å². The Balaban J connectivity index is 0.000000258. The van der Waals surface area contributed by atoms with E-state index in [1.807, 2.05) is 0 Å². The summed E-state index contributed by atoms with van der Waals surface area (Å²) in [5, 5.41) is 0.540. The van der Waals surface area contributed by atoms with Gasteiger partial charge < -0.3 is 29.4 Å². The summed E-state index contributed by atoms with van der Waals surface area (Å²) in [7, 11) is 6.72. The number of esters is 1. The van der Waals surface area contributed by atoms with Gasteiger partial charge in [0.15, 0.2) is 0 Å². The average molecular weight is 472 g/mol. The van der Waals surface area contributed by atoms with Crippen molar-refractivity contribution in [3.05, 3.63) is 16.0 Å². The average Bonchev–Trinajstić information content (AvgIpc) is 3.11. The summed E-state index contributed by atoms with van der Waals surface area (Å²) >= 11 is 1.46. The first-order valence-corrected chi connectivity index (χ1v) is 11.8. The van der Waals surface area contributed by atoms with Gasteiger partial charge in [-0.15, -0.1) is 11.3 Å². The maximum Gasteiger partial charge on any atom is 0.341 e. The Morgan fingerprint density at radius 2 is 1.53 bits per heavy atom. The van der Waals surface area contributed by atoms with Crippen LogP contribution in [0.25, 0.3) is 0 Å². The molecule has 182 valence electrons. The van der Waals surface area contributed by atoms with Gasteiger partial charge in [-0.05, 0) is 38.2 Å². The third kappa shape index (κ3) is 6.29. The minimum absolute atomic E-state index is 0.192. The standard InChI is InChI=1S/C14H21NO4S.C9H16O3/c1-4-19-13(16)11-9-5-6-14(18-3,8-17-2)7-10(9)20-12(11)15;1-11-7-9(12-2)5-3-8(10)4-6-9/h4-8,15H2,1-3H3;3-7H2,1-2H3. The van der Waals surface area contributed by atoms with Gasteiger partial charge in [-0.3, -0.25) is 4.79 Å². The number of nitrogen functional groups attached to an aromatic ring is 1. The Bertz CT molecular complexity index is 769. The molecule has 1 unspecified atom stereocenters. The number of carbonyl (C=O) groups excluding carboxylic acids is 2. The summed E-state index contributed by atoms with van der Waals surface area (Å²) in [6.07, 6.45) is 5.17. The van der Waals surface area contributed by atoms with Gasteiger partial charge in [0.05, 0.1) is 36.6 Å². The Morgan fingerprint density at radius 1 is 0.969 bits per heavy atom. The van der Waals surface area contributed by atoms with E-state index in [1.54, 1.807) is 35.4 Å². The summed E-state index contributed by atoms with van der Waals surface area (Å²) in [5.74, 6) is 0.0259. The summed E-state index contributed by atoms with van der Waals surface area (Å²) in [6, 6.07) is 0. The zero-order valence-electron chi connectivity index (χ0n) is 19.9. The van der Waals surface area contributed by atoms with Crippen LogP contribution in [-0.2, 0) is 41.3 Å². The minimum atomic E-state index is -0.320. The van der Waals surface area contributed by atoms with Gasteiger partial charge in [0, 0.05) is 52.6 Å². The Labute approximate surface area is 194 Å². The maximum absolute atomic E-state index is 12.0. The van der Waals surface area contributed by atoms with E-state index in [-0.39, 0.29) is 17.2 Å². The summed E-state index contributed by atoms with van der Waals surface area (Å²) in [6.45, 7) is 3.28. The minimum Gasteiger partial charge on any atom is -0.462 e. The SMILES string of the molecule is CCOC(=O)c1c(N)sc2c1CCC(COC)(OC)C2.COCC1(OC)CCC(=O)CC1. The fraction of sp³-hybridized carbons (Fsp3) is 0.739. The van der Waals surface area contributed by atoms with Gasteiger partial charge in [0.1, 0.15) is 10.8 Å². The van der Waals surface area contributed by atoms with Gasteiger partial charge in [0.25, 0.3) is 0 Å². The van der Waals surface area contributed by atoms with Gasteiger partial charge in [-0.1, -0.05) is 0 Å². The highest BCUT2D eigenvalue weighted by atomic mass is 32.1. The highest BCUT2D eigenvalue weighted by molar-refractivity contribution is 7.16. The molecule has 1 saturated carbocycles. The van der Waals surface area contributed by atoms with Crippen molar-refractivity contribution in [2.45, 2.75) is 63.1 Å². The Kier molecular flexibility index (Phi) is 10.1. The quantitative estimate of drug-likeness (QED) is 0.576. The number of hydrogen-bond acceptors (Lipinski definition) is 9. The number of carbonyl (C=O) groups is 2. The van der Waals surface area contributed by atoms with Crippen LogP contribution in [0, 0.1) is 0 Å². The molecule has 2 N–H and O–H groups in total. The summed E-state index contributed by atoms with van der Waals surface area (Å²) in [5.41, 5.74) is 7.07. The van der Waals surface area contributed by atoms with Crippen molar-refractivity contribution in [1.29, 1.82) is 0 Å². The van der Waals surface area contributed by atoms with Crippen molar-refractivity contribution in [1.82, 2.24) is 0 Å². The molecule has 0 bridgehead atoms. The number of ether oxygens (including phenoxy) is 5. The molecular weight excluding hydrogens is 434 g/mol. The summed E-state index contributed by atoms with van der Waals surface area (Å²) in [4.78, 5) is 24.1. The highest BCUT2D eigenvalue weighted by Crippen LogP contribution is 2.41. The van der Waals surface area contributed by atoms with E-state index < -0.39 is 0 Å². The van der Waals surface area contributed by atoms with Crippen LogP contribution in [0.1, 0.15) is 59.8 Å². The van der Waals surface area contributed by atoms with E-state index in [1.165, 1.54) is 11.3 Å². The molecule has 2 aliphatic rings. The first-order valence-electron chi connectivity index (χ1n) is 11.0. The van der Waals surface area contributed by atoms with E-state index in [0.717, 1.165) is 42.5 Å². The third-order valence-corrected chi connectivity index (χ3v) is 7.37. The molecule has 9 heteroatoms. The van der Waals surface area contributed by atoms with Crippen molar-refractivity contribution in [2.24, 2.45) is 0 Å². The predicted octanol–water partition coefficient (Wildman–Crippen LogP) is 3.19. The van der Waals surface area contributed by atoms with Crippen molar-refractivity contribution in [3.8, 4) is 0 Å². The number of nitrogens with two attached hydrogens (primary N) is 1. The van der Waals surface area contributed by atoms with Gasteiger partial charge in [-0.25, -0.2) is 4.79 Å². The van der Waals surface area contributed by atoms with E-state index in [4.69, 9.17) is 29.4 Å². The normalized spacial score (nSPS) is 22.0. The number of ketones is 1. The highest BCUT2D eigenvalue weighted by Gasteiger charge is 2.38. The van der Waals surface area contributed by atoms with E-state index in [2.05, 4.69) is 0 Å². The topological polar surface area (TPSA) is 106 Å².